The van der Waals surface area contributed by atoms with E-state index in [0.29, 0.717) is 11.4 Å². The fraction of sp³-hybridized carbons (Fsp3) is 0.400. The number of amides is 1. The van der Waals surface area contributed by atoms with Gasteiger partial charge in [-0.25, -0.2) is 0 Å². The van der Waals surface area contributed by atoms with Crippen LogP contribution >= 0.6 is 11.3 Å². The van der Waals surface area contributed by atoms with E-state index >= 15 is 0 Å². The highest BCUT2D eigenvalue weighted by Crippen LogP contribution is 2.11. The Morgan fingerprint density at radius 1 is 1.53 bits per heavy atom. The summed E-state index contributed by atoms with van der Waals surface area (Å²) in [7, 11) is 1.31. The third-order valence-electron chi connectivity index (χ3n) is 1.95. The highest BCUT2D eigenvalue weighted by atomic mass is 32.1. The van der Waals surface area contributed by atoms with E-state index in [-0.39, 0.29) is 12.5 Å². The summed E-state index contributed by atoms with van der Waals surface area (Å²) < 4.78 is 4.52. The van der Waals surface area contributed by atoms with E-state index in [1.807, 2.05) is 18.4 Å². The first-order valence-electron chi connectivity index (χ1n) is 4.58. The predicted octanol–water partition coefficient (Wildman–Crippen LogP) is 1.38. The summed E-state index contributed by atoms with van der Waals surface area (Å²) in [5.41, 5.74) is 0. The minimum Gasteiger partial charge on any atom is -0.468 e. The van der Waals surface area contributed by atoms with E-state index in [1.165, 1.54) is 23.3 Å². The van der Waals surface area contributed by atoms with Crippen LogP contribution in [0.5, 0.6) is 0 Å². The molecule has 0 aromatic carbocycles. The SMILES string of the molecule is CCN(CC(=O)OC)C(=O)c1cccs1. The summed E-state index contributed by atoms with van der Waals surface area (Å²) in [5.74, 6) is -0.528. The standard InChI is InChI=1S/C10H13NO3S/c1-3-11(7-9(12)14-2)10(13)8-5-4-6-15-8/h4-6H,3,7H2,1-2H3. The maximum absolute atomic E-state index is 11.8. The van der Waals surface area contributed by atoms with E-state index < -0.39 is 5.97 Å². The van der Waals surface area contributed by atoms with Crippen molar-refractivity contribution in [3.63, 3.8) is 0 Å². The molecule has 0 aliphatic heterocycles. The maximum Gasteiger partial charge on any atom is 0.325 e. The monoisotopic (exact) mass is 227 g/mol. The Kier molecular flexibility index (Phi) is 4.30. The quantitative estimate of drug-likeness (QED) is 0.730. The van der Waals surface area contributed by atoms with Crippen LogP contribution < -0.4 is 0 Å². The third-order valence-corrected chi connectivity index (χ3v) is 2.81. The van der Waals surface area contributed by atoms with Crippen molar-refractivity contribution >= 4 is 23.2 Å². The summed E-state index contributed by atoms with van der Waals surface area (Å²) in [6, 6.07) is 3.55. The Bertz CT molecular complexity index is 334. The summed E-state index contributed by atoms with van der Waals surface area (Å²) in [6.07, 6.45) is 0. The lowest BCUT2D eigenvalue weighted by Gasteiger charge is -2.18. The van der Waals surface area contributed by atoms with Gasteiger partial charge in [0, 0.05) is 6.54 Å². The van der Waals surface area contributed by atoms with Gasteiger partial charge in [-0.2, -0.15) is 0 Å². The van der Waals surface area contributed by atoms with Crippen molar-refractivity contribution in [3.05, 3.63) is 22.4 Å². The van der Waals surface area contributed by atoms with E-state index in [9.17, 15) is 9.59 Å². The number of thiophene rings is 1. The smallest absolute Gasteiger partial charge is 0.325 e. The van der Waals surface area contributed by atoms with E-state index in [1.54, 1.807) is 6.07 Å². The lowest BCUT2D eigenvalue weighted by molar-refractivity contribution is -0.141. The molecule has 1 heterocycles. The molecule has 0 radical (unpaired) electrons. The molecule has 0 aliphatic rings. The highest BCUT2D eigenvalue weighted by Gasteiger charge is 2.17. The van der Waals surface area contributed by atoms with Gasteiger partial charge in [-0.15, -0.1) is 11.3 Å². The number of nitrogens with zero attached hydrogens (tertiary/aromatic N) is 1. The topological polar surface area (TPSA) is 46.6 Å². The van der Waals surface area contributed by atoms with Gasteiger partial charge in [0.2, 0.25) is 0 Å². The van der Waals surface area contributed by atoms with Gasteiger partial charge in [0.25, 0.3) is 5.91 Å². The number of rotatable bonds is 4. The first-order valence-corrected chi connectivity index (χ1v) is 5.46. The number of hydrogen-bond acceptors (Lipinski definition) is 4. The van der Waals surface area contributed by atoms with Gasteiger partial charge in [0.05, 0.1) is 12.0 Å². The second-order valence-electron chi connectivity index (χ2n) is 2.87. The zero-order chi connectivity index (χ0) is 11.3. The molecule has 0 bridgehead atoms. The van der Waals surface area contributed by atoms with Gasteiger partial charge in [-0.05, 0) is 18.4 Å². The second kappa shape index (κ2) is 5.50. The zero-order valence-corrected chi connectivity index (χ0v) is 9.54. The number of carbonyl (C=O) groups excluding carboxylic acids is 2. The summed E-state index contributed by atoms with van der Waals surface area (Å²) in [6.45, 7) is 2.32. The molecule has 4 nitrogen and oxygen atoms in total. The van der Waals surface area contributed by atoms with Gasteiger partial charge in [0.1, 0.15) is 6.54 Å². The summed E-state index contributed by atoms with van der Waals surface area (Å²) >= 11 is 1.37. The zero-order valence-electron chi connectivity index (χ0n) is 8.73. The Morgan fingerprint density at radius 2 is 2.27 bits per heavy atom. The first kappa shape index (κ1) is 11.7. The molecular weight excluding hydrogens is 214 g/mol. The molecule has 1 rings (SSSR count). The van der Waals surface area contributed by atoms with Crippen molar-refractivity contribution in [1.82, 2.24) is 4.90 Å². The number of carbonyl (C=O) groups is 2. The minimum atomic E-state index is -0.401. The minimum absolute atomic E-state index is 0.00370. The van der Waals surface area contributed by atoms with Crippen LogP contribution in [0.1, 0.15) is 16.6 Å². The predicted molar refractivity (Wildman–Crippen MR) is 57.9 cm³/mol. The number of ether oxygens (including phenoxy) is 1. The lowest BCUT2D eigenvalue weighted by atomic mass is 10.4. The summed E-state index contributed by atoms with van der Waals surface area (Å²) in [5, 5.41) is 1.83. The van der Waals surface area contributed by atoms with Gasteiger partial charge in [0.15, 0.2) is 0 Å². The van der Waals surface area contributed by atoms with Crippen LogP contribution in [0, 0.1) is 0 Å². The molecule has 5 heteroatoms. The van der Waals surface area contributed by atoms with Crippen LogP contribution in [0.3, 0.4) is 0 Å². The molecule has 0 spiro atoms. The maximum atomic E-state index is 11.8. The van der Waals surface area contributed by atoms with Gasteiger partial charge in [-0.1, -0.05) is 6.07 Å². The molecule has 0 saturated heterocycles. The third kappa shape index (κ3) is 3.06. The Hall–Kier alpha value is -1.36. The molecule has 1 amide bonds. The first-order chi connectivity index (χ1) is 7.19. The normalized spacial score (nSPS) is 9.73. The van der Waals surface area contributed by atoms with E-state index in [0.717, 1.165) is 0 Å². The van der Waals surface area contributed by atoms with Crippen LogP contribution in [0.25, 0.3) is 0 Å². The van der Waals surface area contributed by atoms with Crippen molar-refractivity contribution < 1.29 is 14.3 Å². The molecule has 82 valence electrons. The number of esters is 1. The molecular formula is C10H13NO3S. The average Bonchev–Trinajstić information content (AvgIpc) is 2.77. The molecule has 0 aliphatic carbocycles. The van der Waals surface area contributed by atoms with Crippen LogP contribution in [-0.2, 0) is 9.53 Å². The summed E-state index contributed by atoms with van der Waals surface area (Å²) in [4.78, 5) is 25.0. The number of likely N-dealkylation sites (N-methyl/N-ethyl adjacent to an activating group) is 1. The van der Waals surface area contributed by atoms with Gasteiger partial charge < -0.3 is 9.64 Å². The fourth-order valence-corrected chi connectivity index (χ4v) is 1.79. The Balaban J connectivity index is 2.67. The lowest BCUT2D eigenvalue weighted by Crippen LogP contribution is -2.35. The number of methoxy groups -OCH3 is 1. The molecule has 0 unspecified atom stereocenters. The van der Waals surface area contributed by atoms with Crippen LogP contribution in [0.2, 0.25) is 0 Å². The van der Waals surface area contributed by atoms with Crippen LogP contribution in [0.4, 0.5) is 0 Å². The van der Waals surface area contributed by atoms with Crippen LogP contribution in [-0.4, -0.2) is 37.0 Å². The Morgan fingerprint density at radius 3 is 2.73 bits per heavy atom. The van der Waals surface area contributed by atoms with Gasteiger partial charge >= 0.3 is 5.97 Å². The van der Waals surface area contributed by atoms with E-state index in [2.05, 4.69) is 4.74 Å². The van der Waals surface area contributed by atoms with Crippen molar-refractivity contribution in [3.8, 4) is 0 Å². The van der Waals surface area contributed by atoms with Crippen molar-refractivity contribution in [2.45, 2.75) is 6.92 Å². The van der Waals surface area contributed by atoms with E-state index in [4.69, 9.17) is 0 Å². The molecule has 15 heavy (non-hydrogen) atoms. The molecule has 0 N–H and O–H groups in total. The average molecular weight is 227 g/mol. The molecule has 0 saturated carbocycles. The molecule has 1 aromatic heterocycles. The van der Waals surface area contributed by atoms with Crippen molar-refractivity contribution in [2.24, 2.45) is 0 Å². The second-order valence-corrected chi connectivity index (χ2v) is 3.82. The molecule has 1 aromatic rings. The largest absolute Gasteiger partial charge is 0.468 e. The fourth-order valence-electron chi connectivity index (χ4n) is 1.10. The van der Waals surface area contributed by atoms with Crippen LogP contribution in [0.15, 0.2) is 17.5 Å². The number of hydrogen-bond donors (Lipinski definition) is 0. The molecule has 0 atom stereocenters. The van der Waals surface area contributed by atoms with Crippen molar-refractivity contribution in [1.29, 1.82) is 0 Å². The Labute approximate surface area is 92.5 Å². The molecule has 0 fully saturated rings. The van der Waals surface area contributed by atoms with Gasteiger partial charge in [-0.3, -0.25) is 9.59 Å². The van der Waals surface area contributed by atoms with Crippen molar-refractivity contribution in [2.75, 3.05) is 20.2 Å². The highest BCUT2D eigenvalue weighted by molar-refractivity contribution is 7.12.